The van der Waals surface area contributed by atoms with Crippen molar-refractivity contribution in [2.45, 2.75) is 32.7 Å². The summed E-state index contributed by atoms with van der Waals surface area (Å²) in [5.74, 6) is 0. The Morgan fingerprint density at radius 1 is 1.29 bits per heavy atom. The van der Waals surface area contributed by atoms with E-state index in [2.05, 4.69) is 9.97 Å². The van der Waals surface area contributed by atoms with E-state index in [9.17, 15) is 4.79 Å². The van der Waals surface area contributed by atoms with Crippen LogP contribution in [0, 0.1) is 6.92 Å². The highest BCUT2D eigenvalue weighted by molar-refractivity contribution is 7.18. The Labute approximate surface area is 126 Å². The monoisotopic (exact) mass is 297 g/mol. The zero-order chi connectivity index (χ0) is 14.4. The van der Waals surface area contributed by atoms with Gasteiger partial charge in [0.25, 0.3) is 5.56 Å². The van der Waals surface area contributed by atoms with Gasteiger partial charge in [0.1, 0.15) is 4.83 Å². The first-order valence-corrected chi connectivity index (χ1v) is 7.95. The summed E-state index contributed by atoms with van der Waals surface area (Å²) in [5.41, 5.74) is 3.33. The topological polar surface area (TPSA) is 47.8 Å². The largest absolute Gasteiger partial charge is 0.294 e. The normalized spacial score (nSPS) is 13.8. The average Bonchev–Trinajstić information content (AvgIpc) is 3.04. The maximum Gasteiger partial charge on any atom is 0.262 e. The van der Waals surface area contributed by atoms with E-state index in [4.69, 9.17) is 0 Å². The number of aromatic nitrogens is 3. The SMILES string of the molecule is Cc1ccc(Cn2cnc3sc4c(c3c2=O)CCC4)cn1. The van der Waals surface area contributed by atoms with Crippen LogP contribution in [0.4, 0.5) is 0 Å². The number of fused-ring (bicyclic) bond motifs is 3. The minimum atomic E-state index is 0.0833. The molecule has 0 saturated carbocycles. The number of hydrogen-bond acceptors (Lipinski definition) is 4. The summed E-state index contributed by atoms with van der Waals surface area (Å²) in [6, 6.07) is 3.98. The van der Waals surface area contributed by atoms with Crippen molar-refractivity contribution in [3.63, 3.8) is 0 Å². The Balaban J connectivity index is 1.81. The minimum absolute atomic E-state index is 0.0833. The van der Waals surface area contributed by atoms with Gasteiger partial charge in [0.2, 0.25) is 0 Å². The predicted molar refractivity (Wildman–Crippen MR) is 84.0 cm³/mol. The van der Waals surface area contributed by atoms with Crippen LogP contribution in [0.15, 0.2) is 29.5 Å². The molecule has 0 N–H and O–H groups in total. The minimum Gasteiger partial charge on any atom is -0.294 e. The molecule has 21 heavy (non-hydrogen) atoms. The van der Waals surface area contributed by atoms with Crippen molar-refractivity contribution < 1.29 is 0 Å². The molecule has 0 amide bonds. The molecule has 3 aromatic rings. The Morgan fingerprint density at radius 2 is 2.19 bits per heavy atom. The van der Waals surface area contributed by atoms with E-state index in [0.717, 1.165) is 40.7 Å². The molecule has 4 nitrogen and oxygen atoms in total. The van der Waals surface area contributed by atoms with Gasteiger partial charge in [-0.2, -0.15) is 0 Å². The van der Waals surface area contributed by atoms with Crippen LogP contribution in [0.5, 0.6) is 0 Å². The van der Waals surface area contributed by atoms with Crippen molar-refractivity contribution in [1.29, 1.82) is 0 Å². The van der Waals surface area contributed by atoms with Gasteiger partial charge in [0, 0.05) is 16.8 Å². The molecule has 1 aliphatic carbocycles. The lowest BCUT2D eigenvalue weighted by Crippen LogP contribution is -2.21. The molecule has 0 radical (unpaired) electrons. The molecule has 5 heteroatoms. The Kier molecular flexibility index (Phi) is 2.89. The second-order valence-electron chi connectivity index (χ2n) is 5.52. The molecule has 3 aromatic heterocycles. The van der Waals surface area contributed by atoms with Crippen molar-refractivity contribution in [3.8, 4) is 0 Å². The van der Waals surface area contributed by atoms with Gasteiger partial charge in [-0.1, -0.05) is 6.07 Å². The molecule has 0 unspecified atom stereocenters. The summed E-state index contributed by atoms with van der Waals surface area (Å²) in [6.07, 6.45) is 6.76. The van der Waals surface area contributed by atoms with Gasteiger partial charge in [-0.15, -0.1) is 11.3 Å². The van der Waals surface area contributed by atoms with E-state index in [-0.39, 0.29) is 5.56 Å². The van der Waals surface area contributed by atoms with Crippen LogP contribution in [-0.2, 0) is 19.4 Å². The first kappa shape index (κ1) is 12.7. The second-order valence-corrected chi connectivity index (χ2v) is 6.61. The first-order chi connectivity index (χ1) is 10.2. The second kappa shape index (κ2) is 4.77. The smallest absolute Gasteiger partial charge is 0.262 e. The summed E-state index contributed by atoms with van der Waals surface area (Å²) in [7, 11) is 0. The van der Waals surface area contributed by atoms with Crippen molar-refractivity contribution in [2.24, 2.45) is 0 Å². The van der Waals surface area contributed by atoms with Crippen molar-refractivity contribution in [1.82, 2.24) is 14.5 Å². The highest BCUT2D eigenvalue weighted by Gasteiger charge is 2.21. The third-order valence-electron chi connectivity index (χ3n) is 4.02. The summed E-state index contributed by atoms with van der Waals surface area (Å²) >= 11 is 1.68. The summed E-state index contributed by atoms with van der Waals surface area (Å²) in [6.45, 7) is 2.48. The molecular formula is C16H15N3OS. The Hall–Kier alpha value is -2.01. The maximum atomic E-state index is 12.7. The predicted octanol–water partition coefficient (Wildman–Crippen LogP) is 2.70. The molecular weight excluding hydrogens is 282 g/mol. The van der Waals surface area contributed by atoms with Crippen LogP contribution in [0.1, 0.15) is 28.1 Å². The fraction of sp³-hybridized carbons (Fsp3) is 0.312. The maximum absolute atomic E-state index is 12.7. The number of aryl methyl sites for hydroxylation is 3. The lowest BCUT2D eigenvalue weighted by Gasteiger charge is -2.06. The Morgan fingerprint density at radius 3 is 3.00 bits per heavy atom. The molecule has 4 rings (SSSR count). The average molecular weight is 297 g/mol. The zero-order valence-electron chi connectivity index (χ0n) is 11.8. The molecule has 0 fully saturated rings. The summed E-state index contributed by atoms with van der Waals surface area (Å²) in [5, 5.41) is 0.843. The van der Waals surface area contributed by atoms with Crippen LogP contribution in [-0.4, -0.2) is 14.5 Å². The van der Waals surface area contributed by atoms with Gasteiger partial charge in [0.05, 0.1) is 18.3 Å². The fourth-order valence-corrected chi connectivity index (χ4v) is 4.14. The standard InChI is InChI=1S/C16H15N3OS/c1-10-5-6-11(7-17-10)8-19-9-18-15-14(16(19)20)12-3-2-4-13(12)21-15/h5-7,9H,2-4,8H2,1H3. The van der Waals surface area contributed by atoms with Gasteiger partial charge in [-0.3, -0.25) is 14.3 Å². The molecule has 106 valence electrons. The molecule has 1 aliphatic rings. The van der Waals surface area contributed by atoms with Gasteiger partial charge in [-0.05, 0) is 43.4 Å². The zero-order valence-corrected chi connectivity index (χ0v) is 12.6. The van der Waals surface area contributed by atoms with Crippen molar-refractivity contribution in [3.05, 3.63) is 56.7 Å². The summed E-state index contributed by atoms with van der Waals surface area (Å²) in [4.78, 5) is 23.7. The van der Waals surface area contributed by atoms with Crippen LogP contribution in [0.3, 0.4) is 0 Å². The molecule has 0 bridgehead atoms. The van der Waals surface area contributed by atoms with Crippen LogP contribution >= 0.6 is 11.3 Å². The van der Waals surface area contributed by atoms with E-state index < -0.39 is 0 Å². The third-order valence-corrected chi connectivity index (χ3v) is 5.22. The summed E-state index contributed by atoms with van der Waals surface area (Å²) < 4.78 is 1.69. The number of rotatable bonds is 2. The van der Waals surface area contributed by atoms with E-state index >= 15 is 0 Å². The van der Waals surface area contributed by atoms with Gasteiger partial charge < -0.3 is 0 Å². The van der Waals surface area contributed by atoms with E-state index in [1.165, 1.54) is 10.4 Å². The number of nitrogens with zero attached hydrogens (tertiary/aromatic N) is 3. The first-order valence-electron chi connectivity index (χ1n) is 7.13. The van der Waals surface area contributed by atoms with Crippen LogP contribution in [0.25, 0.3) is 10.2 Å². The van der Waals surface area contributed by atoms with E-state index in [1.807, 2.05) is 25.3 Å². The van der Waals surface area contributed by atoms with E-state index in [1.54, 1.807) is 22.2 Å². The van der Waals surface area contributed by atoms with Crippen LogP contribution < -0.4 is 5.56 Å². The molecule has 3 heterocycles. The molecule has 0 aliphatic heterocycles. The Bertz CT molecular complexity index is 877. The number of hydrogen-bond donors (Lipinski definition) is 0. The van der Waals surface area contributed by atoms with Crippen molar-refractivity contribution >= 4 is 21.6 Å². The third kappa shape index (κ3) is 2.08. The quantitative estimate of drug-likeness (QED) is 0.730. The molecule has 0 atom stereocenters. The van der Waals surface area contributed by atoms with Crippen LogP contribution in [0.2, 0.25) is 0 Å². The molecule has 0 spiro atoms. The fourth-order valence-electron chi connectivity index (χ4n) is 2.92. The van der Waals surface area contributed by atoms with Gasteiger partial charge >= 0.3 is 0 Å². The molecule has 0 aromatic carbocycles. The van der Waals surface area contributed by atoms with Gasteiger partial charge in [0.15, 0.2) is 0 Å². The lowest BCUT2D eigenvalue weighted by molar-refractivity contribution is 0.745. The van der Waals surface area contributed by atoms with Gasteiger partial charge in [-0.25, -0.2) is 4.98 Å². The number of thiophene rings is 1. The highest BCUT2D eigenvalue weighted by Crippen LogP contribution is 2.34. The highest BCUT2D eigenvalue weighted by atomic mass is 32.1. The van der Waals surface area contributed by atoms with E-state index in [0.29, 0.717) is 6.54 Å². The number of pyridine rings is 1. The lowest BCUT2D eigenvalue weighted by atomic mass is 10.2. The molecule has 0 saturated heterocycles. The van der Waals surface area contributed by atoms with Crippen molar-refractivity contribution in [2.75, 3.05) is 0 Å².